The van der Waals surface area contributed by atoms with E-state index < -0.39 is 0 Å². The van der Waals surface area contributed by atoms with Crippen LogP contribution >= 0.6 is 12.2 Å². The van der Waals surface area contributed by atoms with E-state index in [-0.39, 0.29) is 6.04 Å². The number of anilines is 4. The first-order valence-electron chi connectivity index (χ1n) is 12.1. The molecule has 0 aliphatic carbocycles. The molecule has 8 heteroatoms. The van der Waals surface area contributed by atoms with Gasteiger partial charge in [-0.15, -0.1) is 0 Å². The lowest BCUT2D eigenvalue weighted by Crippen LogP contribution is -2.47. The molecular formula is C25H37N7S. The number of hydrogen-bond donors (Lipinski definition) is 2. The van der Waals surface area contributed by atoms with Crippen LogP contribution in [-0.4, -0.2) is 60.4 Å². The molecule has 33 heavy (non-hydrogen) atoms. The Morgan fingerprint density at radius 1 is 0.909 bits per heavy atom. The third-order valence-electron chi connectivity index (χ3n) is 6.26. The first-order valence-corrected chi connectivity index (χ1v) is 12.5. The number of aromatic nitrogens is 2. The molecule has 1 aromatic carbocycles. The summed E-state index contributed by atoms with van der Waals surface area (Å²) in [5.74, 6) is 3.83. The van der Waals surface area contributed by atoms with Gasteiger partial charge in [0.2, 0.25) is 5.95 Å². The average Bonchev–Trinajstić information content (AvgIpc) is 2.78. The van der Waals surface area contributed by atoms with Gasteiger partial charge in [0, 0.05) is 57.1 Å². The molecule has 0 saturated carbocycles. The van der Waals surface area contributed by atoms with Crippen molar-refractivity contribution >= 4 is 40.6 Å². The van der Waals surface area contributed by atoms with Crippen molar-refractivity contribution in [3.05, 3.63) is 36.4 Å². The summed E-state index contributed by atoms with van der Waals surface area (Å²) in [4.78, 5) is 17.0. The van der Waals surface area contributed by atoms with E-state index in [0.29, 0.717) is 22.9 Å². The third kappa shape index (κ3) is 6.25. The van der Waals surface area contributed by atoms with Gasteiger partial charge in [-0.1, -0.05) is 32.0 Å². The first-order chi connectivity index (χ1) is 15.9. The number of para-hydroxylation sites is 1. The quantitative estimate of drug-likeness (QED) is 0.641. The van der Waals surface area contributed by atoms with E-state index in [1.807, 2.05) is 0 Å². The molecule has 7 nitrogen and oxygen atoms in total. The average molecular weight is 468 g/mol. The van der Waals surface area contributed by atoms with E-state index in [1.54, 1.807) is 0 Å². The van der Waals surface area contributed by atoms with Gasteiger partial charge in [-0.25, -0.2) is 0 Å². The third-order valence-corrected chi connectivity index (χ3v) is 6.48. The Bertz CT molecular complexity index is 918. The highest BCUT2D eigenvalue weighted by Crippen LogP contribution is 2.29. The van der Waals surface area contributed by atoms with Crippen molar-refractivity contribution in [3.8, 4) is 0 Å². The molecule has 0 amide bonds. The highest BCUT2D eigenvalue weighted by atomic mass is 32.1. The minimum absolute atomic E-state index is 0.252. The molecule has 4 rings (SSSR count). The van der Waals surface area contributed by atoms with Crippen LogP contribution in [0.2, 0.25) is 0 Å². The topological polar surface area (TPSA) is 59.6 Å². The summed E-state index contributed by atoms with van der Waals surface area (Å²) in [6.07, 6.45) is 1.27. The van der Waals surface area contributed by atoms with Gasteiger partial charge in [0.05, 0.1) is 0 Å². The van der Waals surface area contributed by atoms with Crippen LogP contribution in [0.25, 0.3) is 0 Å². The van der Waals surface area contributed by atoms with Gasteiger partial charge in [0.1, 0.15) is 11.6 Å². The summed E-state index contributed by atoms with van der Waals surface area (Å²) >= 11 is 5.48. The maximum atomic E-state index is 5.48. The Labute approximate surface area is 203 Å². The van der Waals surface area contributed by atoms with Gasteiger partial charge in [0.25, 0.3) is 0 Å². The Morgan fingerprint density at radius 3 is 2.09 bits per heavy atom. The van der Waals surface area contributed by atoms with Gasteiger partial charge in [-0.3, -0.25) is 0 Å². The monoisotopic (exact) mass is 467 g/mol. The number of rotatable bonds is 5. The van der Waals surface area contributed by atoms with Crippen molar-refractivity contribution in [2.24, 2.45) is 11.8 Å². The van der Waals surface area contributed by atoms with E-state index >= 15 is 0 Å². The lowest BCUT2D eigenvalue weighted by Gasteiger charge is -2.38. The number of hydrogen-bond acceptors (Lipinski definition) is 6. The molecule has 2 atom stereocenters. The number of nitrogens with zero attached hydrogens (tertiary/aromatic N) is 5. The molecule has 1 aromatic heterocycles. The summed E-state index contributed by atoms with van der Waals surface area (Å²) in [5, 5.41) is 7.02. The summed E-state index contributed by atoms with van der Waals surface area (Å²) in [5.41, 5.74) is 1.28. The number of piperazine rings is 1. The minimum Gasteiger partial charge on any atom is -0.368 e. The van der Waals surface area contributed by atoms with E-state index in [0.717, 1.165) is 50.9 Å². The highest BCUT2D eigenvalue weighted by molar-refractivity contribution is 7.80. The van der Waals surface area contributed by atoms with Gasteiger partial charge in [-0.05, 0) is 56.5 Å². The molecule has 3 heterocycles. The van der Waals surface area contributed by atoms with Crippen molar-refractivity contribution in [1.82, 2.24) is 15.3 Å². The SMILES string of the molecule is CC(C)NC(=S)Nc1nc(N2CCN(c3ccccc3)CC2)cc(N2C[C@H](C)C[C@H](C)C2)n1. The predicted molar refractivity (Wildman–Crippen MR) is 143 cm³/mol. The number of piperidine rings is 1. The van der Waals surface area contributed by atoms with E-state index in [9.17, 15) is 0 Å². The maximum Gasteiger partial charge on any atom is 0.232 e. The molecule has 0 spiro atoms. The van der Waals surface area contributed by atoms with Crippen molar-refractivity contribution in [3.63, 3.8) is 0 Å². The molecule has 0 bridgehead atoms. The van der Waals surface area contributed by atoms with Crippen molar-refractivity contribution < 1.29 is 0 Å². The molecule has 178 valence electrons. The largest absolute Gasteiger partial charge is 0.368 e. The fraction of sp³-hybridized carbons (Fsp3) is 0.560. The van der Waals surface area contributed by atoms with E-state index in [1.165, 1.54) is 12.1 Å². The number of nitrogens with one attached hydrogen (secondary N) is 2. The lowest BCUT2D eigenvalue weighted by atomic mass is 9.92. The molecule has 0 radical (unpaired) electrons. The van der Waals surface area contributed by atoms with Crippen LogP contribution < -0.4 is 25.3 Å². The fourth-order valence-corrected chi connectivity index (χ4v) is 5.21. The van der Waals surface area contributed by atoms with Gasteiger partial charge < -0.3 is 25.3 Å². The molecular weight excluding hydrogens is 430 g/mol. The van der Waals surface area contributed by atoms with Crippen molar-refractivity contribution in [2.75, 3.05) is 59.3 Å². The van der Waals surface area contributed by atoms with Gasteiger partial charge >= 0.3 is 0 Å². The Balaban J connectivity index is 1.54. The van der Waals surface area contributed by atoms with Gasteiger partial charge in [0.15, 0.2) is 5.11 Å². The molecule has 2 aliphatic heterocycles. The normalized spacial score (nSPS) is 21.3. The highest BCUT2D eigenvalue weighted by Gasteiger charge is 2.25. The van der Waals surface area contributed by atoms with Crippen LogP contribution in [-0.2, 0) is 0 Å². The second-order valence-corrected chi connectivity index (χ2v) is 10.2. The van der Waals surface area contributed by atoms with Crippen LogP contribution in [0, 0.1) is 11.8 Å². The summed E-state index contributed by atoms with van der Waals surface area (Å²) in [6.45, 7) is 14.6. The smallest absolute Gasteiger partial charge is 0.232 e. The zero-order valence-corrected chi connectivity index (χ0v) is 21.1. The maximum absolute atomic E-state index is 5.48. The van der Waals surface area contributed by atoms with Crippen LogP contribution in [0.3, 0.4) is 0 Å². The lowest BCUT2D eigenvalue weighted by molar-refractivity contribution is 0.355. The summed E-state index contributed by atoms with van der Waals surface area (Å²) in [7, 11) is 0. The zero-order valence-electron chi connectivity index (χ0n) is 20.3. The van der Waals surface area contributed by atoms with Crippen molar-refractivity contribution in [1.29, 1.82) is 0 Å². The van der Waals surface area contributed by atoms with Crippen LogP contribution in [0.4, 0.5) is 23.3 Å². The van der Waals surface area contributed by atoms with Crippen LogP contribution in [0.5, 0.6) is 0 Å². The molecule has 2 aromatic rings. The second kappa shape index (κ2) is 10.5. The Kier molecular flexibility index (Phi) is 7.53. The first kappa shape index (κ1) is 23.5. The van der Waals surface area contributed by atoms with E-state index in [2.05, 4.69) is 89.4 Å². The summed E-state index contributed by atoms with van der Waals surface area (Å²) in [6, 6.07) is 13.0. The van der Waals surface area contributed by atoms with Crippen LogP contribution in [0.15, 0.2) is 36.4 Å². The fourth-order valence-electron chi connectivity index (χ4n) is 4.88. The number of thiocarbonyl (C=S) groups is 1. The number of benzene rings is 1. The molecule has 2 N–H and O–H groups in total. The predicted octanol–water partition coefficient (Wildman–Crippen LogP) is 3.98. The van der Waals surface area contributed by atoms with E-state index in [4.69, 9.17) is 22.2 Å². The molecule has 2 saturated heterocycles. The molecule has 2 aliphatic rings. The van der Waals surface area contributed by atoms with Crippen LogP contribution in [0.1, 0.15) is 34.1 Å². The minimum atomic E-state index is 0.252. The zero-order chi connectivity index (χ0) is 23.4. The molecule has 2 fully saturated rings. The Hall–Kier alpha value is -2.61. The summed E-state index contributed by atoms with van der Waals surface area (Å²) < 4.78 is 0. The second-order valence-electron chi connectivity index (χ2n) is 9.82. The standard InChI is InChI=1S/C25H37N7S/c1-18(2)26-25(33)29-24-27-22(15-23(28-24)32-16-19(3)14-20(4)17-32)31-12-10-30(11-13-31)21-8-6-5-7-9-21/h5-9,15,18-20H,10-14,16-17H2,1-4H3,(H2,26,27,28,29,33)/t19-,20+. The Morgan fingerprint density at radius 2 is 1.48 bits per heavy atom. The van der Waals surface area contributed by atoms with Gasteiger partial charge in [-0.2, -0.15) is 9.97 Å². The molecule has 0 unspecified atom stereocenters. The van der Waals surface area contributed by atoms with Crippen molar-refractivity contribution in [2.45, 2.75) is 40.2 Å².